The molecule has 1 fully saturated rings. The van der Waals surface area contributed by atoms with Crippen LogP contribution in [-0.4, -0.2) is 22.3 Å². The zero-order valence-corrected chi connectivity index (χ0v) is 16.6. The molecule has 0 bridgehead atoms. The Morgan fingerprint density at radius 2 is 1.82 bits per heavy atom. The quantitative estimate of drug-likeness (QED) is 0.702. The van der Waals surface area contributed by atoms with E-state index in [1.807, 2.05) is 24.0 Å². The molecule has 1 amide bonds. The summed E-state index contributed by atoms with van der Waals surface area (Å²) in [6.45, 7) is 2.61. The molecule has 1 aliphatic rings. The number of nitrogens with two attached hydrogens (primary N) is 1. The van der Waals surface area contributed by atoms with Crippen LogP contribution in [0.4, 0.5) is 0 Å². The van der Waals surface area contributed by atoms with Crippen molar-refractivity contribution in [3.63, 3.8) is 0 Å². The molecule has 4 rings (SSSR count). The van der Waals surface area contributed by atoms with Crippen molar-refractivity contribution in [2.75, 3.05) is 6.61 Å². The lowest BCUT2D eigenvalue weighted by Gasteiger charge is -2.28. The molecule has 0 radical (unpaired) electrons. The first-order valence-corrected chi connectivity index (χ1v) is 10.2. The van der Waals surface area contributed by atoms with Crippen molar-refractivity contribution in [2.45, 2.75) is 35.7 Å². The lowest BCUT2D eigenvalue weighted by Crippen LogP contribution is -2.30. The summed E-state index contributed by atoms with van der Waals surface area (Å²) in [5, 5.41) is 4.34. The summed E-state index contributed by atoms with van der Waals surface area (Å²) in [5.74, 6) is -0.320. The van der Waals surface area contributed by atoms with E-state index in [4.69, 9.17) is 10.5 Å². The number of ether oxygens (including phenoxy) is 1. The third-order valence-electron chi connectivity index (χ3n) is 4.99. The predicted octanol–water partition coefficient (Wildman–Crippen LogP) is 4.28. The minimum atomic E-state index is -0.228. The van der Waals surface area contributed by atoms with Crippen LogP contribution in [-0.2, 0) is 9.53 Å². The number of amides is 1. The average molecular weight is 394 g/mol. The highest BCUT2D eigenvalue weighted by Gasteiger charge is 2.27. The lowest BCUT2D eigenvalue weighted by atomic mass is 9.91. The zero-order chi connectivity index (χ0) is 19.5. The second-order valence-corrected chi connectivity index (χ2v) is 8.26. The van der Waals surface area contributed by atoms with Gasteiger partial charge in [0.2, 0.25) is 5.91 Å². The molecule has 1 aromatic heterocycles. The Hall–Kier alpha value is -2.57. The fraction of sp³-hybridized carbons (Fsp3) is 0.273. The molecule has 28 heavy (non-hydrogen) atoms. The maximum Gasteiger partial charge on any atom is 0.220 e. The van der Waals surface area contributed by atoms with E-state index in [1.165, 1.54) is 4.90 Å². The van der Waals surface area contributed by atoms with Crippen LogP contribution in [0.25, 0.3) is 5.69 Å². The second-order valence-electron chi connectivity index (χ2n) is 7.11. The summed E-state index contributed by atoms with van der Waals surface area (Å²) in [6, 6.07) is 16.7. The average Bonchev–Trinajstić information content (AvgIpc) is 3.15. The topological polar surface area (TPSA) is 70.1 Å². The van der Waals surface area contributed by atoms with E-state index in [2.05, 4.69) is 53.6 Å². The number of hydrogen-bond donors (Lipinski definition) is 1. The first-order valence-electron chi connectivity index (χ1n) is 9.39. The van der Waals surface area contributed by atoms with Gasteiger partial charge in [-0.15, -0.1) is 0 Å². The van der Waals surface area contributed by atoms with Gasteiger partial charge in [0.15, 0.2) is 0 Å². The maximum absolute atomic E-state index is 11.5. The Morgan fingerprint density at radius 3 is 2.43 bits per heavy atom. The maximum atomic E-state index is 11.5. The van der Waals surface area contributed by atoms with Crippen molar-refractivity contribution in [1.82, 2.24) is 9.78 Å². The standard InChI is InChI=1S/C22H23N3O2S/c1-15-13-24-25(14-15)18-4-8-20(9-5-18)28-19-6-2-16(3-7-19)21-12-17(22(23)26)10-11-27-21/h2-9,13-14,17,21H,10-12H2,1H3,(H2,23,26). The van der Waals surface area contributed by atoms with Crippen molar-refractivity contribution in [1.29, 1.82) is 0 Å². The summed E-state index contributed by atoms with van der Waals surface area (Å²) in [7, 11) is 0. The Labute approximate surface area is 168 Å². The summed E-state index contributed by atoms with van der Waals surface area (Å²) in [4.78, 5) is 13.8. The van der Waals surface area contributed by atoms with Crippen LogP contribution < -0.4 is 5.73 Å². The monoisotopic (exact) mass is 393 g/mol. The van der Waals surface area contributed by atoms with Gasteiger partial charge in [-0.25, -0.2) is 4.68 Å². The van der Waals surface area contributed by atoms with Gasteiger partial charge in [0, 0.05) is 28.5 Å². The van der Waals surface area contributed by atoms with E-state index in [0.717, 1.165) is 21.7 Å². The number of rotatable bonds is 5. The number of carbonyl (C=O) groups is 1. The van der Waals surface area contributed by atoms with Crippen LogP contribution in [0.2, 0.25) is 0 Å². The van der Waals surface area contributed by atoms with Crippen LogP contribution in [0.1, 0.15) is 30.1 Å². The predicted molar refractivity (Wildman–Crippen MR) is 109 cm³/mol. The molecule has 2 N–H and O–H groups in total. The molecular formula is C22H23N3O2S. The Morgan fingerprint density at radius 1 is 1.14 bits per heavy atom. The van der Waals surface area contributed by atoms with E-state index in [-0.39, 0.29) is 17.9 Å². The van der Waals surface area contributed by atoms with Gasteiger partial charge in [0.25, 0.3) is 0 Å². The molecule has 0 saturated carbocycles. The van der Waals surface area contributed by atoms with E-state index in [9.17, 15) is 4.79 Å². The first kappa shape index (κ1) is 18.8. The summed E-state index contributed by atoms with van der Waals surface area (Å²) >= 11 is 1.71. The number of nitrogens with zero attached hydrogens (tertiary/aromatic N) is 2. The van der Waals surface area contributed by atoms with E-state index in [1.54, 1.807) is 11.8 Å². The Bertz CT molecular complexity index is 951. The van der Waals surface area contributed by atoms with Crippen molar-refractivity contribution in [3.05, 3.63) is 72.1 Å². The van der Waals surface area contributed by atoms with Crippen LogP contribution >= 0.6 is 11.8 Å². The summed E-state index contributed by atoms with van der Waals surface area (Å²) in [5.41, 5.74) is 8.75. The van der Waals surface area contributed by atoms with Crippen LogP contribution in [0.5, 0.6) is 0 Å². The molecule has 2 atom stereocenters. The van der Waals surface area contributed by atoms with Gasteiger partial charge in [-0.1, -0.05) is 23.9 Å². The zero-order valence-electron chi connectivity index (χ0n) is 15.7. The van der Waals surface area contributed by atoms with Crippen molar-refractivity contribution in [2.24, 2.45) is 11.7 Å². The highest BCUT2D eigenvalue weighted by atomic mass is 32.2. The number of hydrogen-bond acceptors (Lipinski definition) is 4. The highest BCUT2D eigenvalue weighted by molar-refractivity contribution is 7.99. The molecule has 3 aromatic rings. The van der Waals surface area contributed by atoms with E-state index in [0.29, 0.717) is 19.4 Å². The van der Waals surface area contributed by atoms with Gasteiger partial charge in [-0.2, -0.15) is 5.10 Å². The smallest absolute Gasteiger partial charge is 0.220 e. The van der Waals surface area contributed by atoms with Crippen molar-refractivity contribution in [3.8, 4) is 5.69 Å². The van der Waals surface area contributed by atoms with Crippen molar-refractivity contribution >= 4 is 17.7 Å². The molecule has 6 heteroatoms. The normalized spacial score (nSPS) is 19.5. The molecule has 2 heterocycles. The molecule has 0 aliphatic carbocycles. The molecular weight excluding hydrogens is 370 g/mol. The molecule has 0 spiro atoms. The molecule has 2 aromatic carbocycles. The van der Waals surface area contributed by atoms with Gasteiger partial charge in [-0.05, 0) is 67.3 Å². The number of aromatic nitrogens is 2. The third kappa shape index (κ3) is 4.29. The van der Waals surface area contributed by atoms with Gasteiger partial charge in [0.1, 0.15) is 0 Å². The SMILES string of the molecule is Cc1cnn(-c2ccc(Sc3ccc(C4CC(C(N)=O)CCO4)cc3)cc2)c1. The van der Waals surface area contributed by atoms with Crippen LogP contribution in [0, 0.1) is 12.8 Å². The van der Waals surface area contributed by atoms with Gasteiger partial charge in [-0.3, -0.25) is 4.79 Å². The lowest BCUT2D eigenvalue weighted by molar-refractivity contribution is -0.126. The van der Waals surface area contributed by atoms with Gasteiger partial charge in [0.05, 0.1) is 18.0 Å². The molecule has 1 aliphatic heterocycles. The minimum absolute atomic E-state index is 0.0536. The minimum Gasteiger partial charge on any atom is -0.373 e. The van der Waals surface area contributed by atoms with E-state index < -0.39 is 0 Å². The van der Waals surface area contributed by atoms with E-state index >= 15 is 0 Å². The molecule has 5 nitrogen and oxygen atoms in total. The summed E-state index contributed by atoms with van der Waals surface area (Å²) < 4.78 is 7.71. The van der Waals surface area contributed by atoms with Crippen LogP contribution in [0.15, 0.2) is 70.7 Å². The molecule has 1 saturated heterocycles. The molecule has 144 valence electrons. The number of primary amides is 1. The van der Waals surface area contributed by atoms with Crippen molar-refractivity contribution < 1.29 is 9.53 Å². The van der Waals surface area contributed by atoms with Crippen LogP contribution in [0.3, 0.4) is 0 Å². The highest BCUT2D eigenvalue weighted by Crippen LogP contribution is 2.34. The Kier molecular flexibility index (Phi) is 5.50. The second kappa shape index (κ2) is 8.20. The Balaban J connectivity index is 1.41. The fourth-order valence-corrected chi connectivity index (χ4v) is 4.21. The number of benzene rings is 2. The van der Waals surface area contributed by atoms with Gasteiger partial charge < -0.3 is 10.5 Å². The van der Waals surface area contributed by atoms with Gasteiger partial charge >= 0.3 is 0 Å². The fourth-order valence-electron chi connectivity index (χ4n) is 3.40. The summed E-state index contributed by atoms with van der Waals surface area (Å²) in [6.07, 6.45) is 5.19. The largest absolute Gasteiger partial charge is 0.373 e. The third-order valence-corrected chi connectivity index (χ3v) is 6.00. The first-order chi connectivity index (χ1) is 13.6. The number of aryl methyl sites for hydroxylation is 1. The number of carbonyl (C=O) groups excluding carboxylic acids is 1. The molecule has 2 unspecified atom stereocenters.